The molecule has 0 aromatic carbocycles. The first-order valence-electron chi connectivity index (χ1n) is 6.75. The van der Waals surface area contributed by atoms with E-state index in [2.05, 4.69) is 5.32 Å². The third-order valence-electron chi connectivity index (χ3n) is 3.61. The van der Waals surface area contributed by atoms with Gasteiger partial charge in [-0.15, -0.1) is 0 Å². The fourth-order valence-corrected chi connectivity index (χ4v) is 2.60. The molecule has 0 amide bonds. The number of nitrogens with one attached hydrogen (secondary N) is 1. The van der Waals surface area contributed by atoms with E-state index in [0.717, 1.165) is 18.8 Å². The average molecular weight is 249 g/mol. The van der Waals surface area contributed by atoms with Crippen LogP contribution in [-0.2, 0) is 4.74 Å². The maximum absolute atomic E-state index is 11.9. The van der Waals surface area contributed by atoms with Gasteiger partial charge in [0.05, 0.1) is 0 Å². The van der Waals surface area contributed by atoms with Gasteiger partial charge in [0.25, 0.3) is 6.43 Å². The quantitative estimate of drug-likeness (QED) is 0.667. The molecule has 17 heavy (non-hydrogen) atoms. The average Bonchev–Trinajstić information content (AvgIpc) is 2.34. The second-order valence-corrected chi connectivity index (χ2v) is 4.98. The molecule has 4 heteroatoms. The van der Waals surface area contributed by atoms with Crippen molar-refractivity contribution in [3.8, 4) is 0 Å². The first kappa shape index (κ1) is 14.8. The number of hydrogen-bond donors (Lipinski definition) is 1. The van der Waals surface area contributed by atoms with Crippen molar-refractivity contribution in [2.75, 3.05) is 20.3 Å². The summed E-state index contributed by atoms with van der Waals surface area (Å²) in [7, 11) is 1.95. The van der Waals surface area contributed by atoms with E-state index in [9.17, 15) is 8.78 Å². The highest BCUT2D eigenvalue weighted by molar-refractivity contribution is 4.73. The van der Waals surface area contributed by atoms with Gasteiger partial charge < -0.3 is 10.1 Å². The Morgan fingerprint density at radius 2 is 1.94 bits per heavy atom. The van der Waals surface area contributed by atoms with Crippen LogP contribution in [0.25, 0.3) is 0 Å². The van der Waals surface area contributed by atoms with Crippen molar-refractivity contribution in [1.29, 1.82) is 0 Å². The van der Waals surface area contributed by atoms with Crippen LogP contribution in [0, 0.1) is 5.92 Å². The molecule has 1 N–H and O–H groups in total. The van der Waals surface area contributed by atoms with Crippen molar-refractivity contribution in [2.24, 2.45) is 5.92 Å². The Morgan fingerprint density at radius 1 is 1.24 bits per heavy atom. The molecular formula is C13H25F2NO. The third kappa shape index (κ3) is 6.94. The summed E-state index contributed by atoms with van der Waals surface area (Å²) in [6.07, 6.45) is 6.38. The standard InChI is InChI=1S/C13H25F2NO/c1-16-12(7-8-17-10-13(14)15)9-11-5-3-2-4-6-11/h11-13,16H,2-10H2,1H3. The van der Waals surface area contributed by atoms with E-state index in [1.807, 2.05) is 7.05 Å². The molecule has 0 bridgehead atoms. The molecule has 0 aliphatic heterocycles. The number of alkyl halides is 2. The zero-order valence-corrected chi connectivity index (χ0v) is 10.8. The smallest absolute Gasteiger partial charge is 0.261 e. The highest BCUT2D eigenvalue weighted by Crippen LogP contribution is 2.27. The molecule has 1 aliphatic rings. The van der Waals surface area contributed by atoms with E-state index in [1.165, 1.54) is 32.1 Å². The summed E-state index contributed by atoms with van der Waals surface area (Å²) in [6.45, 7) is 0.00241. The predicted molar refractivity (Wildman–Crippen MR) is 65.5 cm³/mol. The van der Waals surface area contributed by atoms with Crippen LogP contribution in [0.5, 0.6) is 0 Å². The van der Waals surface area contributed by atoms with Gasteiger partial charge in [0.2, 0.25) is 0 Å². The lowest BCUT2D eigenvalue weighted by Crippen LogP contribution is -2.30. The minimum absolute atomic E-state index is 0.413. The summed E-state index contributed by atoms with van der Waals surface area (Å²) in [4.78, 5) is 0. The SMILES string of the molecule is CNC(CCOCC(F)F)CC1CCCCC1. The van der Waals surface area contributed by atoms with Crippen molar-refractivity contribution >= 4 is 0 Å². The molecule has 1 atom stereocenters. The highest BCUT2D eigenvalue weighted by atomic mass is 19.3. The fourth-order valence-electron chi connectivity index (χ4n) is 2.60. The minimum Gasteiger partial charge on any atom is -0.375 e. The Morgan fingerprint density at radius 3 is 2.53 bits per heavy atom. The summed E-state index contributed by atoms with van der Waals surface area (Å²) < 4.78 is 28.7. The van der Waals surface area contributed by atoms with Crippen molar-refractivity contribution in [2.45, 2.75) is 57.4 Å². The Bertz CT molecular complexity index is 184. The number of hydrogen-bond acceptors (Lipinski definition) is 2. The summed E-state index contributed by atoms with van der Waals surface area (Å²) >= 11 is 0. The van der Waals surface area contributed by atoms with Crippen LogP contribution in [0.3, 0.4) is 0 Å². The first-order chi connectivity index (χ1) is 8.22. The zero-order chi connectivity index (χ0) is 12.5. The van der Waals surface area contributed by atoms with E-state index < -0.39 is 13.0 Å². The van der Waals surface area contributed by atoms with Crippen LogP contribution < -0.4 is 5.32 Å². The van der Waals surface area contributed by atoms with Crippen molar-refractivity contribution < 1.29 is 13.5 Å². The molecule has 1 rings (SSSR count). The van der Waals surface area contributed by atoms with Gasteiger partial charge in [0, 0.05) is 12.6 Å². The lowest BCUT2D eigenvalue weighted by molar-refractivity contribution is 0.0138. The molecule has 0 aromatic heterocycles. The van der Waals surface area contributed by atoms with Crippen molar-refractivity contribution in [1.82, 2.24) is 5.32 Å². The monoisotopic (exact) mass is 249 g/mol. The molecule has 2 nitrogen and oxygen atoms in total. The van der Waals surface area contributed by atoms with Gasteiger partial charge in [-0.05, 0) is 25.8 Å². The summed E-state index contributed by atoms with van der Waals surface area (Å²) in [5.74, 6) is 0.816. The molecule has 0 saturated heterocycles. The Balaban J connectivity index is 2.09. The Kier molecular flexibility index (Phi) is 7.69. The fraction of sp³-hybridized carbons (Fsp3) is 1.00. The van der Waals surface area contributed by atoms with Crippen LogP contribution in [0.2, 0.25) is 0 Å². The molecule has 1 unspecified atom stereocenters. The van der Waals surface area contributed by atoms with Gasteiger partial charge >= 0.3 is 0 Å². The molecule has 0 aromatic rings. The zero-order valence-electron chi connectivity index (χ0n) is 10.8. The van der Waals surface area contributed by atoms with E-state index in [4.69, 9.17) is 4.74 Å². The van der Waals surface area contributed by atoms with Crippen LogP contribution in [0.4, 0.5) is 8.78 Å². The van der Waals surface area contributed by atoms with Gasteiger partial charge in [-0.3, -0.25) is 0 Å². The summed E-state index contributed by atoms with van der Waals surface area (Å²) in [5.41, 5.74) is 0. The Labute approximate surface area is 103 Å². The van der Waals surface area contributed by atoms with Gasteiger partial charge in [0.15, 0.2) is 0 Å². The lowest BCUT2D eigenvalue weighted by atomic mass is 9.84. The van der Waals surface area contributed by atoms with E-state index in [-0.39, 0.29) is 0 Å². The lowest BCUT2D eigenvalue weighted by Gasteiger charge is -2.26. The molecule has 0 radical (unpaired) electrons. The molecule has 1 fully saturated rings. The van der Waals surface area contributed by atoms with Crippen molar-refractivity contribution in [3.05, 3.63) is 0 Å². The molecule has 1 saturated carbocycles. The van der Waals surface area contributed by atoms with E-state index in [1.54, 1.807) is 0 Å². The summed E-state index contributed by atoms with van der Waals surface area (Å²) in [6, 6.07) is 0.413. The first-order valence-corrected chi connectivity index (χ1v) is 6.75. The Hall–Kier alpha value is -0.220. The molecule has 0 spiro atoms. The maximum atomic E-state index is 11.9. The predicted octanol–water partition coefficient (Wildman–Crippen LogP) is 3.22. The van der Waals surface area contributed by atoms with Gasteiger partial charge in [-0.25, -0.2) is 8.78 Å². The van der Waals surface area contributed by atoms with Gasteiger partial charge in [-0.1, -0.05) is 32.1 Å². The van der Waals surface area contributed by atoms with Crippen LogP contribution in [0.1, 0.15) is 44.9 Å². The second kappa shape index (κ2) is 8.81. The number of ether oxygens (including phenoxy) is 1. The molecule has 1 aliphatic carbocycles. The van der Waals surface area contributed by atoms with Gasteiger partial charge in [0.1, 0.15) is 6.61 Å². The van der Waals surface area contributed by atoms with Gasteiger partial charge in [-0.2, -0.15) is 0 Å². The van der Waals surface area contributed by atoms with Crippen LogP contribution >= 0.6 is 0 Å². The third-order valence-corrected chi connectivity index (χ3v) is 3.61. The molecule has 0 heterocycles. The largest absolute Gasteiger partial charge is 0.375 e. The van der Waals surface area contributed by atoms with E-state index in [0.29, 0.717) is 12.6 Å². The second-order valence-electron chi connectivity index (χ2n) is 4.98. The minimum atomic E-state index is -2.35. The van der Waals surface area contributed by atoms with E-state index >= 15 is 0 Å². The normalized spacial score (nSPS) is 19.8. The van der Waals surface area contributed by atoms with Crippen LogP contribution in [0.15, 0.2) is 0 Å². The summed E-state index contributed by atoms with van der Waals surface area (Å²) in [5, 5.41) is 3.27. The highest BCUT2D eigenvalue weighted by Gasteiger charge is 2.17. The number of rotatable bonds is 8. The maximum Gasteiger partial charge on any atom is 0.261 e. The van der Waals surface area contributed by atoms with Crippen molar-refractivity contribution in [3.63, 3.8) is 0 Å². The molecular weight excluding hydrogens is 224 g/mol. The topological polar surface area (TPSA) is 21.3 Å². The van der Waals surface area contributed by atoms with Crippen LogP contribution in [-0.4, -0.2) is 32.7 Å². The number of halogens is 2. The molecule has 102 valence electrons.